The van der Waals surface area contributed by atoms with Gasteiger partial charge in [0, 0.05) is 13.1 Å². The molecule has 0 spiro atoms. The fraction of sp³-hybridized carbons (Fsp3) is 0.250. The van der Waals surface area contributed by atoms with Crippen molar-refractivity contribution < 1.29 is 8.42 Å². The minimum Gasteiger partial charge on any atom is -0.380 e. The molecule has 0 saturated heterocycles. The Morgan fingerprint density at radius 3 is 2.48 bits per heavy atom. The van der Waals surface area contributed by atoms with Crippen molar-refractivity contribution in [2.45, 2.75) is 24.9 Å². The van der Waals surface area contributed by atoms with Crippen molar-refractivity contribution in [3.8, 4) is 0 Å². The van der Waals surface area contributed by atoms with E-state index in [4.69, 9.17) is 5.73 Å². The normalized spacial score (nSPS) is 11.3. The Morgan fingerprint density at radius 2 is 1.76 bits per heavy atom. The van der Waals surface area contributed by atoms with Crippen LogP contribution in [0.1, 0.15) is 18.1 Å². The van der Waals surface area contributed by atoms with Crippen molar-refractivity contribution in [3.63, 3.8) is 0 Å². The van der Waals surface area contributed by atoms with Crippen molar-refractivity contribution in [2.24, 2.45) is 5.73 Å². The monoisotopic (exact) mass is 304 g/mol. The second-order valence-electron chi connectivity index (χ2n) is 4.78. The summed E-state index contributed by atoms with van der Waals surface area (Å²) in [6, 6.07) is 14.9. The number of nitrogens with two attached hydrogens (primary N) is 1. The molecule has 2 aromatic carbocycles. The quantitative estimate of drug-likeness (QED) is 0.860. The number of benzene rings is 2. The molecule has 0 amide bonds. The lowest BCUT2D eigenvalue weighted by atomic mass is 10.1. The second kappa shape index (κ2) is 6.74. The van der Waals surface area contributed by atoms with E-state index in [1.54, 1.807) is 25.1 Å². The molecular formula is C16H20N2O2S. The molecule has 2 rings (SSSR count). The van der Waals surface area contributed by atoms with E-state index < -0.39 is 9.84 Å². The number of anilines is 1. The van der Waals surface area contributed by atoms with E-state index in [9.17, 15) is 8.42 Å². The van der Waals surface area contributed by atoms with Crippen LogP contribution in [0.3, 0.4) is 0 Å². The molecule has 21 heavy (non-hydrogen) atoms. The van der Waals surface area contributed by atoms with Gasteiger partial charge in [-0.1, -0.05) is 43.3 Å². The van der Waals surface area contributed by atoms with Crippen LogP contribution in [0.2, 0.25) is 0 Å². The summed E-state index contributed by atoms with van der Waals surface area (Å²) in [7, 11) is -3.23. The number of nitrogens with one attached hydrogen (secondary N) is 1. The molecule has 5 heteroatoms. The molecule has 3 N–H and O–H groups in total. The van der Waals surface area contributed by atoms with E-state index in [1.165, 1.54) is 0 Å². The molecule has 4 nitrogen and oxygen atoms in total. The molecule has 0 unspecified atom stereocenters. The average Bonchev–Trinajstić information content (AvgIpc) is 2.53. The first-order chi connectivity index (χ1) is 10.1. The highest BCUT2D eigenvalue weighted by molar-refractivity contribution is 7.91. The van der Waals surface area contributed by atoms with Gasteiger partial charge in [-0.25, -0.2) is 8.42 Å². The van der Waals surface area contributed by atoms with E-state index >= 15 is 0 Å². The molecule has 0 fully saturated rings. The largest absolute Gasteiger partial charge is 0.380 e. The van der Waals surface area contributed by atoms with Crippen molar-refractivity contribution >= 4 is 15.5 Å². The fourth-order valence-electron chi connectivity index (χ4n) is 2.10. The van der Waals surface area contributed by atoms with Gasteiger partial charge < -0.3 is 11.1 Å². The number of para-hydroxylation sites is 1. The lowest BCUT2D eigenvalue weighted by Crippen LogP contribution is -2.09. The molecule has 0 aliphatic heterocycles. The van der Waals surface area contributed by atoms with Crippen LogP contribution in [-0.4, -0.2) is 14.2 Å². The van der Waals surface area contributed by atoms with Gasteiger partial charge in [-0.05, 0) is 23.3 Å². The predicted octanol–water partition coefficient (Wildman–Crippen LogP) is 2.55. The molecule has 0 bridgehead atoms. The second-order valence-corrected chi connectivity index (χ2v) is 7.02. The third-order valence-electron chi connectivity index (χ3n) is 3.31. The van der Waals surface area contributed by atoms with Crippen LogP contribution in [-0.2, 0) is 22.9 Å². The van der Waals surface area contributed by atoms with Crippen LogP contribution in [0.5, 0.6) is 0 Å². The summed E-state index contributed by atoms with van der Waals surface area (Å²) >= 11 is 0. The maximum Gasteiger partial charge on any atom is 0.180 e. The van der Waals surface area contributed by atoms with Crippen molar-refractivity contribution in [1.82, 2.24) is 0 Å². The molecule has 0 radical (unpaired) electrons. The first-order valence-electron chi connectivity index (χ1n) is 6.90. The first kappa shape index (κ1) is 15.5. The highest BCUT2D eigenvalue weighted by Crippen LogP contribution is 2.22. The Kier molecular flexibility index (Phi) is 4.98. The molecule has 0 atom stereocenters. The summed E-state index contributed by atoms with van der Waals surface area (Å²) in [5.74, 6) is 0.0916. The smallest absolute Gasteiger partial charge is 0.180 e. The van der Waals surface area contributed by atoms with E-state index in [-0.39, 0.29) is 5.75 Å². The minimum atomic E-state index is -3.23. The van der Waals surface area contributed by atoms with E-state index in [0.717, 1.165) is 11.1 Å². The van der Waals surface area contributed by atoms with Crippen LogP contribution in [0.4, 0.5) is 5.69 Å². The van der Waals surface area contributed by atoms with Gasteiger partial charge in [0.2, 0.25) is 0 Å². The van der Waals surface area contributed by atoms with Crippen molar-refractivity contribution in [3.05, 3.63) is 59.7 Å². The van der Waals surface area contributed by atoms with Crippen LogP contribution >= 0.6 is 0 Å². The van der Waals surface area contributed by atoms with Gasteiger partial charge in [-0.15, -0.1) is 0 Å². The molecular weight excluding hydrogens is 284 g/mol. The van der Waals surface area contributed by atoms with E-state index in [2.05, 4.69) is 5.32 Å². The first-order valence-corrected chi connectivity index (χ1v) is 8.55. The highest BCUT2D eigenvalue weighted by atomic mass is 32.2. The van der Waals surface area contributed by atoms with E-state index in [0.29, 0.717) is 23.7 Å². The van der Waals surface area contributed by atoms with Crippen LogP contribution < -0.4 is 11.1 Å². The molecule has 0 aliphatic rings. The summed E-state index contributed by atoms with van der Waals surface area (Å²) in [5, 5.41) is 3.20. The molecule has 0 heterocycles. The lowest BCUT2D eigenvalue weighted by molar-refractivity contribution is 0.597. The zero-order valence-corrected chi connectivity index (χ0v) is 12.9. The molecule has 0 aromatic heterocycles. The van der Waals surface area contributed by atoms with Crippen LogP contribution in [0, 0.1) is 0 Å². The lowest BCUT2D eigenvalue weighted by Gasteiger charge is -2.12. The molecule has 2 aromatic rings. The Bertz CT molecular complexity index is 712. The van der Waals surface area contributed by atoms with Crippen LogP contribution in [0.25, 0.3) is 0 Å². The van der Waals surface area contributed by atoms with Gasteiger partial charge in [0.1, 0.15) is 0 Å². The Labute approximate surface area is 125 Å². The maximum absolute atomic E-state index is 12.1. The molecule has 112 valence electrons. The van der Waals surface area contributed by atoms with Gasteiger partial charge in [0.05, 0.1) is 16.3 Å². The summed E-state index contributed by atoms with van der Waals surface area (Å²) in [4.78, 5) is 0.350. The third-order valence-corrected chi connectivity index (χ3v) is 5.10. The topological polar surface area (TPSA) is 72.2 Å². The summed E-state index contributed by atoms with van der Waals surface area (Å²) in [5.41, 5.74) is 8.39. The average molecular weight is 304 g/mol. The zero-order chi connectivity index (χ0) is 15.3. The van der Waals surface area contributed by atoms with Crippen molar-refractivity contribution in [2.75, 3.05) is 11.1 Å². The van der Waals surface area contributed by atoms with Gasteiger partial charge in [-0.3, -0.25) is 0 Å². The Morgan fingerprint density at radius 1 is 1.05 bits per heavy atom. The minimum absolute atomic E-state index is 0.0916. The zero-order valence-electron chi connectivity index (χ0n) is 12.0. The SMILES string of the molecule is CCS(=O)(=O)c1ccccc1NCc1cccc(CN)c1. The fourth-order valence-corrected chi connectivity index (χ4v) is 3.18. The third kappa shape index (κ3) is 3.83. The van der Waals surface area contributed by atoms with Gasteiger partial charge in [-0.2, -0.15) is 0 Å². The Balaban J connectivity index is 2.21. The number of rotatable bonds is 6. The van der Waals surface area contributed by atoms with E-state index in [1.807, 2.05) is 30.3 Å². The number of sulfone groups is 1. The maximum atomic E-state index is 12.1. The Hall–Kier alpha value is -1.85. The standard InChI is InChI=1S/C16H20N2O2S/c1-2-21(19,20)16-9-4-3-8-15(16)18-12-14-7-5-6-13(10-14)11-17/h3-10,18H,2,11-12,17H2,1H3. The summed E-state index contributed by atoms with van der Waals surface area (Å²) in [6.07, 6.45) is 0. The number of hydrogen-bond acceptors (Lipinski definition) is 4. The molecule has 0 aliphatic carbocycles. The number of hydrogen-bond donors (Lipinski definition) is 2. The van der Waals surface area contributed by atoms with Gasteiger partial charge in [0.25, 0.3) is 0 Å². The van der Waals surface area contributed by atoms with Gasteiger partial charge >= 0.3 is 0 Å². The summed E-state index contributed by atoms with van der Waals surface area (Å²) in [6.45, 7) is 2.70. The van der Waals surface area contributed by atoms with Gasteiger partial charge in [0.15, 0.2) is 9.84 Å². The highest BCUT2D eigenvalue weighted by Gasteiger charge is 2.15. The van der Waals surface area contributed by atoms with Crippen molar-refractivity contribution in [1.29, 1.82) is 0 Å². The molecule has 0 saturated carbocycles. The predicted molar refractivity (Wildman–Crippen MR) is 85.8 cm³/mol. The van der Waals surface area contributed by atoms with Crippen LogP contribution in [0.15, 0.2) is 53.4 Å². The summed E-state index contributed by atoms with van der Waals surface area (Å²) < 4.78 is 24.2.